The summed E-state index contributed by atoms with van der Waals surface area (Å²) in [6, 6.07) is 21.9. The molecule has 2 aromatic rings. The van der Waals surface area contributed by atoms with Gasteiger partial charge in [-0.05, 0) is 24.5 Å². The van der Waals surface area contributed by atoms with E-state index in [0.717, 1.165) is 24.1 Å². The van der Waals surface area contributed by atoms with Gasteiger partial charge in [-0.15, -0.1) is 0 Å². The minimum atomic E-state index is -0.329. The molecule has 2 rings (SSSR count). The Morgan fingerprint density at radius 1 is 1.08 bits per heavy atom. The van der Waals surface area contributed by atoms with Crippen molar-refractivity contribution in [2.24, 2.45) is 0 Å². The fourth-order valence-corrected chi connectivity index (χ4v) is 2.45. The van der Waals surface area contributed by atoms with E-state index >= 15 is 0 Å². The maximum absolute atomic E-state index is 12.2. The van der Waals surface area contributed by atoms with Crippen LogP contribution in [-0.4, -0.2) is 23.9 Å². The van der Waals surface area contributed by atoms with Gasteiger partial charge in [0, 0.05) is 25.8 Å². The number of nitriles is 1. The van der Waals surface area contributed by atoms with Crippen LogP contribution in [0.4, 0.5) is 0 Å². The molecule has 0 atom stereocenters. The van der Waals surface area contributed by atoms with Gasteiger partial charge >= 0.3 is 0 Å². The average Bonchev–Trinajstić information content (AvgIpc) is 2.66. The molecule has 0 aliphatic rings. The summed E-state index contributed by atoms with van der Waals surface area (Å²) in [6.07, 6.45) is 2.39. The van der Waals surface area contributed by atoms with E-state index in [4.69, 9.17) is 0 Å². The highest BCUT2D eigenvalue weighted by molar-refractivity contribution is 5.97. The molecule has 0 bridgehead atoms. The molecule has 0 aliphatic carbocycles. The molecule has 0 saturated heterocycles. The fraction of sp³-hybridized carbons (Fsp3) is 0.238. The van der Waals surface area contributed by atoms with Crippen molar-refractivity contribution in [2.75, 3.05) is 13.1 Å². The normalized spacial score (nSPS) is 10.8. The summed E-state index contributed by atoms with van der Waals surface area (Å²) < 4.78 is 0. The second-order valence-electron chi connectivity index (χ2n) is 5.69. The van der Waals surface area contributed by atoms with Gasteiger partial charge in [0.25, 0.3) is 5.91 Å². The monoisotopic (exact) mass is 333 g/mol. The molecule has 0 heterocycles. The lowest BCUT2D eigenvalue weighted by Crippen LogP contribution is -2.28. The Morgan fingerprint density at radius 2 is 1.68 bits per heavy atom. The van der Waals surface area contributed by atoms with Gasteiger partial charge in [0.15, 0.2) is 0 Å². The van der Waals surface area contributed by atoms with Crippen molar-refractivity contribution in [1.29, 1.82) is 5.26 Å². The Hall–Kier alpha value is -3.06. The van der Waals surface area contributed by atoms with Gasteiger partial charge in [-0.1, -0.05) is 60.7 Å². The minimum absolute atomic E-state index is 0.130. The maximum atomic E-state index is 12.2. The van der Waals surface area contributed by atoms with E-state index in [1.807, 2.05) is 78.6 Å². The predicted octanol–water partition coefficient (Wildman–Crippen LogP) is 3.27. The van der Waals surface area contributed by atoms with Crippen LogP contribution in [-0.2, 0) is 17.8 Å². The average molecular weight is 333 g/mol. The van der Waals surface area contributed by atoms with Crippen LogP contribution in [0.5, 0.6) is 0 Å². The predicted molar refractivity (Wildman–Crippen MR) is 99.4 cm³/mol. The van der Waals surface area contributed by atoms with Crippen molar-refractivity contribution in [3.05, 3.63) is 83.6 Å². The second-order valence-corrected chi connectivity index (χ2v) is 5.69. The first kappa shape index (κ1) is 18.3. The van der Waals surface area contributed by atoms with Gasteiger partial charge in [-0.2, -0.15) is 5.26 Å². The number of nitrogens with one attached hydrogen (secondary N) is 1. The first-order valence-electron chi connectivity index (χ1n) is 8.45. The van der Waals surface area contributed by atoms with Crippen LogP contribution in [0.15, 0.2) is 72.4 Å². The van der Waals surface area contributed by atoms with Crippen LogP contribution < -0.4 is 5.32 Å². The second kappa shape index (κ2) is 9.94. The Kier molecular flexibility index (Phi) is 7.27. The summed E-state index contributed by atoms with van der Waals surface area (Å²) in [6.45, 7) is 3.89. The first-order chi connectivity index (χ1) is 12.2. The molecule has 0 aliphatic heterocycles. The van der Waals surface area contributed by atoms with Crippen LogP contribution in [0.25, 0.3) is 0 Å². The number of carbonyl (C=O) groups is 1. The van der Waals surface area contributed by atoms with Crippen LogP contribution in [0, 0.1) is 11.3 Å². The highest BCUT2D eigenvalue weighted by Gasteiger charge is 2.10. The zero-order valence-electron chi connectivity index (χ0n) is 14.5. The van der Waals surface area contributed by atoms with E-state index < -0.39 is 0 Å². The van der Waals surface area contributed by atoms with Crippen molar-refractivity contribution in [3.63, 3.8) is 0 Å². The summed E-state index contributed by atoms with van der Waals surface area (Å²) in [7, 11) is 0. The van der Waals surface area contributed by atoms with Crippen LogP contribution in [0.1, 0.15) is 18.1 Å². The molecule has 2 aromatic carbocycles. The van der Waals surface area contributed by atoms with Gasteiger partial charge in [0.1, 0.15) is 11.6 Å². The number of hydrogen-bond donors (Lipinski definition) is 1. The van der Waals surface area contributed by atoms with Crippen molar-refractivity contribution in [3.8, 4) is 6.07 Å². The number of carbonyl (C=O) groups excluding carboxylic acids is 1. The number of benzene rings is 2. The van der Waals surface area contributed by atoms with E-state index in [2.05, 4.69) is 5.32 Å². The van der Waals surface area contributed by atoms with Gasteiger partial charge in [-0.25, -0.2) is 0 Å². The molecule has 0 spiro atoms. The maximum Gasteiger partial charge on any atom is 0.263 e. The third kappa shape index (κ3) is 6.15. The van der Waals surface area contributed by atoms with Crippen molar-refractivity contribution in [1.82, 2.24) is 10.2 Å². The van der Waals surface area contributed by atoms with Crippen molar-refractivity contribution in [2.45, 2.75) is 19.9 Å². The van der Waals surface area contributed by atoms with Crippen LogP contribution in [0.2, 0.25) is 0 Å². The Balaban J connectivity index is 1.92. The SMILES string of the molecule is CCN(/C=C(/C#N)C(=O)NCCc1ccccc1)Cc1ccccc1. The van der Waals surface area contributed by atoms with Crippen molar-refractivity contribution < 1.29 is 4.79 Å². The first-order valence-corrected chi connectivity index (χ1v) is 8.45. The summed E-state index contributed by atoms with van der Waals surface area (Å²) in [5.74, 6) is -0.329. The number of amides is 1. The fourth-order valence-electron chi connectivity index (χ4n) is 2.45. The van der Waals surface area contributed by atoms with Crippen molar-refractivity contribution >= 4 is 5.91 Å². The molecule has 0 radical (unpaired) electrons. The molecule has 4 nitrogen and oxygen atoms in total. The zero-order valence-corrected chi connectivity index (χ0v) is 14.5. The molecule has 1 amide bonds. The quantitative estimate of drug-likeness (QED) is 0.596. The molecular formula is C21H23N3O. The van der Waals surface area contributed by atoms with Gasteiger partial charge in [-0.3, -0.25) is 4.79 Å². The lowest BCUT2D eigenvalue weighted by atomic mass is 10.1. The molecule has 0 saturated carbocycles. The van der Waals surface area contributed by atoms with Crippen LogP contribution in [0.3, 0.4) is 0 Å². The molecule has 0 fully saturated rings. The van der Waals surface area contributed by atoms with E-state index in [0.29, 0.717) is 13.1 Å². The van der Waals surface area contributed by atoms with E-state index in [1.165, 1.54) is 0 Å². The zero-order chi connectivity index (χ0) is 17.9. The summed E-state index contributed by atoms with van der Waals surface area (Å²) in [4.78, 5) is 14.2. The number of rotatable bonds is 8. The Bertz CT molecular complexity index is 733. The van der Waals surface area contributed by atoms with E-state index in [1.54, 1.807) is 6.20 Å². The molecule has 0 unspecified atom stereocenters. The number of nitrogens with zero attached hydrogens (tertiary/aromatic N) is 2. The lowest BCUT2D eigenvalue weighted by molar-refractivity contribution is -0.117. The minimum Gasteiger partial charge on any atom is -0.372 e. The standard InChI is InChI=1S/C21H23N3O/c1-2-24(16-19-11-7-4-8-12-19)17-20(15-22)21(25)23-14-13-18-9-5-3-6-10-18/h3-12,17H,2,13-14,16H2,1H3,(H,23,25)/b20-17-. The molecule has 0 aromatic heterocycles. The molecular weight excluding hydrogens is 310 g/mol. The molecule has 128 valence electrons. The van der Waals surface area contributed by atoms with Gasteiger partial charge < -0.3 is 10.2 Å². The molecule has 4 heteroatoms. The topological polar surface area (TPSA) is 56.1 Å². The van der Waals surface area contributed by atoms with Crippen LogP contribution >= 0.6 is 0 Å². The van der Waals surface area contributed by atoms with Gasteiger partial charge in [0.2, 0.25) is 0 Å². The third-order valence-electron chi connectivity index (χ3n) is 3.85. The van der Waals surface area contributed by atoms with E-state index in [9.17, 15) is 10.1 Å². The highest BCUT2D eigenvalue weighted by Crippen LogP contribution is 2.07. The molecule has 25 heavy (non-hydrogen) atoms. The summed E-state index contributed by atoms with van der Waals surface area (Å²) in [5.41, 5.74) is 2.43. The van der Waals surface area contributed by atoms with E-state index in [-0.39, 0.29) is 11.5 Å². The number of hydrogen-bond acceptors (Lipinski definition) is 3. The Morgan fingerprint density at radius 3 is 2.24 bits per heavy atom. The Labute approximate surface area is 149 Å². The highest BCUT2D eigenvalue weighted by atomic mass is 16.1. The molecule has 1 N–H and O–H groups in total. The third-order valence-corrected chi connectivity index (χ3v) is 3.85. The summed E-state index contributed by atoms with van der Waals surface area (Å²) in [5, 5.41) is 12.1. The largest absolute Gasteiger partial charge is 0.372 e. The lowest BCUT2D eigenvalue weighted by Gasteiger charge is -2.19. The van der Waals surface area contributed by atoms with Gasteiger partial charge in [0.05, 0.1) is 0 Å². The summed E-state index contributed by atoms with van der Waals surface area (Å²) >= 11 is 0. The smallest absolute Gasteiger partial charge is 0.263 e.